The molecule has 0 aliphatic heterocycles. The molecule has 2 aromatic heterocycles. The van der Waals surface area contributed by atoms with Crippen LogP contribution in [0.4, 0.5) is 10.1 Å². The lowest BCUT2D eigenvalue weighted by molar-refractivity contribution is -0.116. The maximum Gasteiger partial charge on any atom is 0.259 e. The van der Waals surface area contributed by atoms with E-state index in [1.807, 2.05) is 0 Å². The molecular weight excluding hydrogens is 415 g/mol. The Morgan fingerprint density at radius 3 is 2.62 bits per heavy atom. The van der Waals surface area contributed by atoms with Crippen LogP contribution in [0, 0.1) is 12.7 Å². The van der Waals surface area contributed by atoms with E-state index in [1.54, 1.807) is 50.4 Å². The molecule has 0 aliphatic carbocycles. The molecule has 0 spiro atoms. The molecule has 8 nitrogen and oxygen atoms in total. The number of nitrogens with one attached hydrogen (secondary N) is 1. The Morgan fingerprint density at radius 1 is 1.12 bits per heavy atom. The van der Waals surface area contributed by atoms with Gasteiger partial charge in [-0.1, -0.05) is 11.2 Å². The Labute approximate surface area is 182 Å². The highest BCUT2D eigenvalue weighted by atomic mass is 19.1. The third kappa shape index (κ3) is 4.56. The van der Waals surface area contributed by atoms with E-state index in [0.29, 0.717) is 28.4 Å². The number of pyridine rings is 1. The quantitative estimate of drug-likeness (QED) is 0.497. The number of methoxy groups -OCH3 is 1. The molecule has 0 radical (unpaired) electrons. The van der Waals surface area contributed by atoms with Crippen molar-refractivity contribution in [1.82, 2.24) is 14.7 Å². The smallest absolute Gasteiger partial charge is 0.259 e. The Morgan fingerprint density at radius 2 is 1.88 bits per heavy atom. The summed E-state index contributed by atoms with van der Waals surface area (Å²) in [6, 6.07) is 14.1. The maximum absolute atomic E-state index is 13.5. The van der Waals surface area contributed by atoms with E-state index in [-0.39, 0.29) is 18.0 Å². The van der Waals surface area contributed by atoms with Crippen LogP contribution >= 0.6 is 0 Å². The van der Waals surface area contributed by atoms with E-state index in [2.05, 4.69) is 15.5 Å². The van der Waals surface area contributed by atoms with Gasteiger partial charge in [0.05, 0.1) is 12.7 Å². The van der Waals surface area contributed by atoms with Crippen LogP contribution in [0.25, 0.3) is 22.8 Å². The highest BCUT2D eigenvalue weighted by Gasteiger charge is 2.14. The molecule has 0 atom stereocenters. The lowest BCUT2D eigenvalue weighted by Crippen LogP contribution is -2.27. The third-order valence-corrected chi connectivity index (χ3v) is 4.79. The molecule has 0 unspecified atom stereocenters. The number of ether oxygens (including phenoxy) is 1. The van der Waals surface area contributed by atoms with E-state index in [1.165, 1.54) is 29.0 Å². The van der Waals surface area contributed by atoms with Crippen LogP contribution in [0.15, 0.2) is 70.1 Å². The van der Waals surface area contributed by atoms with E-state index >= 15 is 0 Å². The Bertz CT molecular complexity index is 1330. The minimum Gasteiger partial charge on any atom is -0.497 e. The highest BCUT2D eigenvalue weighted by molar-refractivity contribution is 5.91. The van der Waals surface area contributed by atoms with Gasteiger partial charge in [-0.3, -0.25) is 9.59 Å². The molecule has 2 heterocycles. The molecule has 9 heteroatoms. The first kappa shape index (κ1) is 21.0. The molecule has 4 rings (SSSR count). The summed E-state index contributed by atoms with van der Waals surface area (Å²) < 4.78 is 25.1. The van der Waals surface area contributed by atoms with Gasteiger partial charge in [-0.15, -0.1) is 0 Å². The van der Waals surface area contributed by atoms with E-state index in [4.69, 9.17) is 9.26 Å². The molecule has 1 N–H and O–H groups in total. The molecule has 0 saturated carbocycles. The predicted octanol–water partition coefficient (Wildman–Crippen LogP) is 3.66. The molecule has 32 heavy (non-hydrogen) atoms. The number of amides is 1. The minimum atomic E-state index is -0.470. The highest BCUT2D eigenvalue weighted by Crippen LogP contribution is 2.23. The fourth-order valence-corrected chi connectivity index (χ4v) is 3.05. The van der Waals surface area contributed by atoms with Crippen LogP contribution in [-0.4, -0.2) is 27.7 Å². The molecule has 0 fully saturated rings. The van der Waals surface area contributed by atoms with E-state index < -0.39 is 11.7 Å². The van der Waals surface area contributed by atoms with Gasteiger partial charge in [0.2, 0.25) is 11.7 Å². The summed E-state index contributed by atoms with van der Waals surface area (Å²) in [5.74, 6) is 0.346. The summed E-state index contributed by atoms with van der Waals surface area (Å²) in [5, 5.41) is 6.60. The van der Waals surface area contributed by atoms with Crippen molar-refractivity contribution >= 4 is 11.6 Å². The lowest BCUT2D eigenvalue weighted by atomic mass is 10.2. The second-order valence-electron chi connectivity index (χ2n) is 7.04. The molecule has 0 saturated heterocycles. The van der Waals surface area contributed by atoms with Gasteiger partial charge >= 0.3 is 0 Å². The molecule has 162 valence electrons. The molecule has 4 aromatic rings. The normalized spacial score (nSPS) is 10.7. The topological polar surface area (TPSA) is 99.3 Å². The number of halogens is 1. The number of nitrogens with zero attached hydrogens (tertiary/aromatic N) is 3. The van der Waals surface area contributed by atoms with E-state index in [9.17, 15) is 14.0 Å². The number of carbonyl (C=O) groups excluding carboxylic acids is 1. The van der Waals surface area contributed by atoms with Gasteiger partial charge in [-0.25, -0.2) is 4.39 Å². The van der Waals surface area contributed by atoms with Crippen LogP contribution in [0.2, 0.25) is 0 Å². The number of hydrogen-bond acceptors (Lipinski definition) is 6. The molecule has 1 amide bonds. The first-order valence-electron chi connectivity index (χ1n) is 9.68. The van der Waals surface area contributed by atoms with Crippen molar-refractivity contribution in [2.45, 2.75) is 13.5 Å². The summed E-state index contributed by atoms with van der Waals surface area (Å²) in [5.41, 5.74) is 1.89. The zero-order chi connectivity index (χ0) is 22.7. The lowest BCUT2D eigenvalue weighted by Gasteiger charge is -2.10. The molecular formula is C23H19FN4O4. The van der Waals surface area contributed by atoms with Crippen LogP contribution in [0.3, 0.4) is 0 Å². The summed E-state index contributed by atoms with van der Waals surface area (Å²) >= 11 is 0. The van der Waals surface area contributed by atoms with Crippen LogP contribution in [0.1, 0.15) is 5.56 Å². The zero-order valence-electron chi connectivity index (χ0n) is 17.3. The number of aromatic nitrogens is 3. The number of anilines is 1. The van der Waals surface area contributed by atoms with Gasteiger partial charge in [0.15, 0.2) is 0 Å². The van der Waals surface area contributed by atoms with Gasteiger partial charge in [-0.2, -0.15) is 4.98 Å². The Kier molecular flexibility index (Phi) is 5.80. The van der Waals surface area contributed by atoms with Crippen LogP contribution < -0.4 is 15.6 Å². The van der Waals surface area contributed by atoms with Gasteiger partial charge in [0, 0.05) is 23.5 Å². The van der Waals surface area contributed by atoms with Crippen molar-refractivity contribution in [2.75, 3.05) is 12.4 Å². The second kappa shape index (κ2) is 8.84. The third-order valence-electron chi connectivity index (χ3n) is 4.79. The number of hydrogen-bond donors (Lipinski definition) is 1. The fraction of sp³-hybridized carbons (Fsp3) is 0.130. The average molecular weight is 434 g/mol. The Hall–Kier alpha value is -4.27. The zero-order valence-corrected chi connectivity index (χ0v) is 17.3. The van der Waals surface area contributed by atoms with Crippen LogP contribution in [0.5, 0.6) is 5.75 Å². The monoisotopic (exact) mass is 434 g/mol. The van der Waals surface area contributed by atoms with Gasteiger partial charge < -0.3 is 19.1 Å². The predicted molar refractivity (Wildman–Crippen MR) is 116 cm³/mol. The van der Waals surface area contributed by atoms with Gasteiger partial charge in [0.25, 0.3) is 11.4 Å². The van der Waals surface area contributed by atoms with Crippen molar-refractivity contribution < 1.29 is 18.4 Å². The van der Waals surface area contributed by atoms with Crippen molar-refractivity contribution in [3.05, 3.63) is 82.5 Å². The number of aryl methyl sites for hydroxylation is 1. The summed E-state index contributed by atoms with van der Waals surface area (Å²) in [6.07, 6.45) is 1.46. The van der Waals surface area contributed by atoms with Crippen molar-refractivity contribution in [3.63, 3.8) is 0 Å². The summed E-state index contributed by atoms with van der Waals surface area (Å²) in [4.78, 5) is 29.0. The largest absolute Gasteiger partial charge is 0.497 e. The molecule has 0 bridgehead atoms. The maximum atomic E-state index is 13.5. The van der Waals surface area contributed by atoms with Crippen molar-refractivity contribution in [1.29, 1.82) is 0 Å². The fourth-order valence-electron chi connectivity index (χ4n) is 3.05. The second-order valence-corrected chi connectivity index (χ2v) is 7.04. The summed E-state index contributed by atoms with van der Waals surface area (Å²) in [6.45, 7) is 1.49. The summed E-state index contributed by atoms with van der Waals surface area (Å²) in [7, 11) is 1.58. The minimum absolute atomic E-state index is 0.200. The Balaban J connectivity index is 1.54. The van der Waals surface area contributed by atoms with Crippen LogP contribution in [-0.2, 0) is 11.3 Å². The SMILES string of the molecule is COc1ccc(-c2noc(-c3ccc(=O)n(CC(=O)Nc4cc(F)ccc4C)c3)n2)cc1. The number of carbonyl (C=O) groups is 1. The van der Waals surface area contributed by atoms with E-state index in [0.717, 1.165) is 5.56 Å². The first-order chi connectivity index (χ1) is 15.4. The average Bonchev–Trinajstić information content (AvgIpc) is 3.28. The number of rotatable bonds is 6. The molecule has 2 aromatic carbocycles. The van der Waals surface area contributed by atoms with Crippen molar-refractivity contribution in [3.8, 4) is 28.6 Å². The molecule has 0 aliphatic rings. The first-order valence-corrected chi connectivity index (χ1v) is 9.68. The number of benzene rings is 2. The van der Waals surface area contributed by atoms with Gasteiger partial charge in [0.1, 0.15) is 18.1 Å². The van der Waals surface area contributed by atoms with Crippen molar-refractivity contribution in [2.24, 2.45) is 0 Å². The standard InChI is InChI=1S/C23H19FN4O4/c1-14-3-7-17(24)11-19(14)25-20(29)13-28-12-16(6-10-21(28)30)23-26-22(27-32-23)15-4-8-18(31-2)9-5-15/h3-12H,13H2,1-2H3,(H,25,29). The van der Waals surface area contributed by atoms with Gasteiger partial charge in [-0.05, 0) is 55.0 Å².